The summed E-state index contributed by atoms with van der Waals surface area (Å²) in [6.07, 6.45) is 2.98. The Hall–Kier alpha value is -0.730. The summed E-state index contributed by atoms with van der Waals surface area (Å²) in [6, 6.07) is 10.5. The van der Waals surface area contributed by atoms with Crippen molar-refractivity contribution in [3.8, 4) is 0 Å². The SMILES string of the molecule is C=CCC(SCCN)c1ccccc1. The Morgan fingerprint density at radius 3 is 2.64 bits per heavy atom. The number of thioether (sulfide) groups is 1. The molecule has 0 spiro atoms. The highest BCUT2D eigenvalue weighted by atomic mass is 32.2. The molecule has 0 aromatic heterocycles. The molecular formula is C12H17NS. The molecular weight excluding hydrogens is 190 g/mol. The third kappa shape index (κ3) is 3.56. The Kier molecular flexibility index (Phi) is 5.42. The first-order valence-electron chi connectivity index (χ1n) is 4.86. The molecule has 0 saturated carbocycles. The minimum atomic E-state index is 0.511. The maximum absolute atomic E-state index is 5.50. The maximum atomic E-state index is 5.50. The van der Waals surface area contributed by atoms with Crippen molar-refractivity contribution in [2.75, 3.05) is 12.3 Å². The van der Waals surface area contributed by atoms with E-state index < -0.39 is 0 Å². The number of allylic oxidation sites excluding steroid dienone is 1. The third-order valence-electron chi connectivity index (χ3n) is 1.99. The van der Waals surface area contributed by atoms with Gasteiger partial charge in [0.2, 0.25) is 0 Å². The van der Waals surface area contributed by atoms with Crippen LogP contribution in [0, 0.1) is 0 Å². The highest BCUT2D eigenvalue weighted by Crippen LogP contribution is 2.31. The average Bonchev–Trinajstić information content (AvgIpc) is 2.25. The fourth-order valence-electron chi connectivity index (χ4n) is 1.33. The van der Waals surface area contributed by atoms with Gasteiger partial charge in [0.1, 0.15) is 0 Å². The second-order valence-corrected chi connectivity index (χ2v) is 4.39. The van der Waals surface area contributed by atoms with Crippen molar-refractivity contribution in [3.63, 3.8) is 0 Å². The van der Waals surface area contributed by atoms with Gasteiger partial charge >= 0.3 is 0 Å². The van der Waals surface area contributed by atoms with Crippen LogP contribution in [0.2, 0.25) is 0 Å². The van der Waals surface area contributed by atoms with Crippen LogP contribution in [0.4, 0.5) is 0 Å². The predicted octanol–water partition coefficient (Wildman–Crippen LogP) is 3.00. The van der Waals surface area contributed by atoms with Crippen LogP contribution in [0.15, 0.2) is 43.0 Å². The van der Waals surface area contributed by atoms with Crippen LogP contribution in [-0.4, -0.2) is 12.3 Å². The van der Waals surface area contributed by atoms with E-state index in [0.29, 0.717) is 5.25 Å². The zero-order valence-electron chi connectivity index (χ0n) is 8.36. The molecule has 1 atom stereocenters. The number of nitrogens with two attached hydrogens (primary N) is 1. The van der Waals surface area contributed by atoms with Gasteiger partial charge in [0.25, 0.3) is 0 Å². The Balaban J connectivity index is 2.62. The van der Waals surface area contributed by atoms with Gasteiger partial charge in [-0.25, -0.2) is 0 Å². The smallest absolute Gasteiger partial charge is 0.0332 e. The summed E-state index contributed by atoms with van der Waals surface area (Å²) >= 11 is 1.90. The summed E-state index contributed by atoms with van der Waals surface area (Å²) in [5.74, 6) is 1.01. The van der Waals surface area contributed by atoms with Crippen molar-refractivity contribution in [2.45, 2.75) is 11.7 Å². The highest BCUT2D eigenvalue weighted by Gasteiger charge is 2.08. The van der Waals surface area contributed by atoms with E-state index in [9.17, 15) is 0 Å². The maximum Gasteiger partial charge on any atom is 0.0332 e. The topological polar surface area (TPSA) is 26.0 Å². The molecule has 0 bridgehead atoms. The second kappa shape index (κ2) is 6.68. The summed E-state index contributed by atoms with van der Waals surface area (Å²) in [4.78, 5) is 0. The fraction of sp³-hybridized carbons (Fsp3) is 0.333. The number of hydrogen-bond donors (Lipinski definition) is 1. The van der Waals surface area contributed by atoms with E-state index in [2.05, 4.69) is 30.8 Å². The van der Waals surface area contributed by atoms with E-state index in [1.54, 1.807) is 0 Å². The molecule has 14 heavy (non-hydrogen) atoms. The quantitative estimate of drug-likeness (QED) is 0.726. The van der Waals surface area contributed by atoms with Gasteiger partial charge in [-0.3, -0.25) is 0 Å². The average molecular weight is 207 g/mol. The number of rotatable bonds is 6. The van der Waals surface area contributed by atoms with Gasteiger partial charge < -0.3 is 5.73 Å². The lowest BCUT2D eigenvalue weighted by molar-refractivity contribution is 0.967. The minimum absolute atomic E-state index is 0.511. The summed E-state index contributed by atoms with van der Waals surface area (Å²) in [7, 11) is 0. The Bertz CT molecular complexity index is 258. The molecule has 76 valence electrons. The van der Waals surface area contributed by atoms with Gasteiger partial charge in [-0.15, -0.1) is 6.58 Å². The second-order valence-electron chi connectivity index (χ2n) is 3.08. The molecule has 1 rings (SSSR count). The van der Waals surface area contributed by atoms with Crippen molar-refractivity contribution < 1.29 is 0 Å². The molecule has 0 amide bonds. The van der Waals surface area contributed by atoms with Crippen LogP contribution in [0.5, 0.6) is 0 Å². The van der Waals surface area contributed by atoms with Crippen molar-refractivity contribution >= 4 is 11.8 Å². The van der Waals surface area contributed by atoms with Crippen molar-refractivity contribution in [1.82, 2.24) is 0 Å². The van der Waals surface area contributed by atoms with E-state index in [1.165, 1.54) is 5.56 Å². The van der Waals surface area contributed by atoms with Crippen LogP contribution >= 0.6 is 11.8 Å². The molecule has 2 heteroatoms. The highest BCUT2D eigenvalue weighted by molar-refractivity contribution is 7.99. The summed E-state index contributed by atoms with van der Waals surface area (Å²) in [5, 5.41) is 0.511. The van der Waals surface area contributed by atoms with Gasteiger partial charge in [0, 0.05) is 17.5 Å². The van der Waals surface area contributed by atoms with Crippen LogP contribution in [-0.2, 0) is 0 Å². The summed E-state index contributed by atoms with van der Waals surface area (Å²) in [5.41, 5.74) is 6.87. The van der Waals surface area contributed by atoms with Crippen molar-refractivity contribution in [2.24, 2.45) is 5.73 Å². The molecule has 0 aliphatic carbocycles. The van der Waals surface area contributed by atoms with Crippen LogP contribution in [0.1, 0.15) is 17.2 Å². The van der Waals surface area contributed by atoms with E-state index >= 15 is 0 Å². The van der Waals surface area contributed by atoms with Gasteiger partial charge in [-0.2, -0.15) is 11.8 Å². The van der Waals surface area contributed by atoms with Gasteiger partial charge in [-0.1, -0.05) is 36.4 Å². The molecule has 0 aliphatic heterocycles. The first-order valence-corrected chi connectivity index (χ1v) is 5.91. The molecule has 0 heterocycles. The fourth-order valence-corrected chi connectivity index (χ4v) is 2.37. The lowest BCUT2D eigenvalue weighted by Gasteiger charge is -2.14. The summed E-state index contributed by atoms with van der Waals surface area (Å²) < 4.78 is 0. The molecule has 0 radical (unpaired) electrons. The number of benzene rings is 1. The molecule has 0 saturated heterocycles. The Labute approximate surface area is 90.4 Å². The van der Waals surface area contributed by atoms with E-state index in [0.717, 1.165) is 18.7 Å². The normalized spacial score (nSPS) is 12.4. The Morgan fingerprint density at radius 2 is 2.07 bits per heavy atom. The zero-order chi connectivity index (χ0) is 10.2. The lowest BCUT2D eigenvalue weighted by atomic mass is 10.1. The molecule has 0 fully saturated rings. The molecule has 2 N–H and O–H groups in total. The van der Waals surface area contributed by atoms with E-state index in [-0.39, 0.29) is 0 Å². The van der Waals surface area contributed by atoms with Crippen LogP contribution in [0.25, 0.3) is 0 Å². The zero-order valence-corrected chi connectivity index (χ0v) is 9.17. The molecule has 1 nitrogen and oxygen atoms in total. The van der Waals surface area contributed by atoms with Gasteiger partial charge in [0.15, 0.2) is 0 Å². The summed E-state index contributed by atoms with van der Waals surface area (Å²) in [6.45, 7) is 4.53. The van der Waals surface area contributed by atoms with Crippen LogP contribution < -0.4 is 5.73 Å². The molecule has 1 unspecified atom stereocenters. The van der Waals surface area contributed by atoms with Crippen LogP contribution in [0.3, 0.4) is 0 Å². The van der Waals surface area contributed by atoms with Gasteiger partial charge in [-0.05, 0) is 12.0 Å². The largest absolute Gasteiger partial charge is 0.330 e. The predicted molar refractivity (Wildman–Crippen MR) is 65.5 cm³/mol. The molecule has 1 aromatic carbocycles. The Morgan fingerprint density at radius 1 is 1.36 bits per heavy atom. The first-order chi connectivity index (χ1) is 6.88. The van der Waals surface area contributed by atoms with Crippen molar-refractivity contribution in [1.29, 1.82) is 0 Å². The minimum Gasteiger partial charge on any atom is -0.330 e. The van der Waals surface area contributed by atoms with Crippen molar-refractivity contribution in [3.05, 3.63) is 48.6 Å². The van der Waals surface area contributed by atoms with E-state index in [4.69, 9.17) is 5.73 Å². The first kappa shape index (κ1) is 11.3. The molecule has 1 aromatic rings. The van der Waals surface area contributed by atoms with Gasteiger partial charge in [0.05, 0.1) is 0 Å². The number of hydrogen-bond acceptors (Lipinski definition) is 2. The van der Waals surface area contributed by atoms with E-state index in [1.807, 2.05) is 23.9 Å². The standard InChI is InChI=1S/C12H17NS/c1-2-6-12(14-10-9-13)11-7-4-3-5-8-11/h2-5,7-8,12H,1,6,9-10,13H2. The molecule has 0 aliphatic rings. The monoisotopic (exact) mass is 207 g/mol. The lowest BCUT2D eigenvalue weighted by Crippen LogP contribution is -2.04. The third-order valence-corrected chi connectivity index (χ3v) is 3.33.